The maximum absolute atomic E-state index is 5.61. The van der Waals surface area contributed by atoms with E-state index < -0.39 is 0 Å². The lowest BCUT2D eigenvalue weighted by atomic mass is 10.2. The number of rotatable bonds is 12. The van der Waals surface area contributed by atoms with Gasteiger partial charge in [-0.25, -0.2) is 4.98 Å². The Bertz CT molecular complexity index is 681. The number of hydrogen-bond acceptors (Lipinski definition) is 3. The second-order valence-electron chi connectivity index (χ2n) is 7.22. The van der Waals surface area contributed by atoms with Crippen LogP contribution in [0.4, 0.5) is 0 Å². The van der Waals surface area contributed by atoms with Crippen molar-refractivity contribution in [1.82, 2.24) is 20.2 Å². The Hall–Kier alpha value is -2.34. The van der Waals surface area contributed by atoms with Crippen LogP contribution in [-0.2, 0) is 17.7 Å². The fourth-order valence-electron chi connectivity index (χ4n) is 2.80. The van der Waals surface area contributed by atoms with Crippen LogP contribution in [0.1, 0.15) is 38.6 Å². The first kappa shape index (κ1) is 22.0. The van der Waals surface area contributed by atoms with Crippen molar-refractivity contribution < 1.29 is 4.74 Å². The first-order valence-electron chi connectivity index (χ1n) is 10.3. The van der Waals surface area contributed by atoms with Crippen LogP contribution in [0.2, 0.25) is 0 Å². The van der Waals surface area contributed by atoms with Crippen LogP contribution < -0.4 is 10.6 Å². The molecule has 0 aliphatic rings. The summed E-state index contributed by atoms with van der Waals surface area (Å²) in [6.07, 6.45) is 5.69. The molecule has 1 heterocycles. The van der Waals surface area contributed by atoms with E-state index in [0.717, 1.165) is 64.0 Å². The number of hydrogen-bond donors (Lipinski definition) is 2. The van der Waals surface area contributed by atoms with Crippen molar-refractivity contribution in [3.05, 3.63) is 54.1 Å². The fourth-order valence-corrected chi connectivity index (χ4v) is 2.80. The van der Waals surface area contributed by atoms with E-state index in [1.165, 1.54) is 5.56 Å². The van der Waals surface area contributed by atoms with Crippen LogP contribution in [0, 0.1) is 5.92 Å². The summed E-state index contributed by atoms with van der Waals surface area (Å²) < 4.78 is 7.81. The molecule has 0 fully saturated rings. The molecule has 0 bridgehead atoms. The average molecular weight is 386 g/mol. The lowest BCUT2D eigenvalue weighted by molar-refractivity contribution is 0.109. The first-order chi connectivity index (χ1) is 13.7. The molecule has 2 N–H and O–H groups in total. The predicted molar refractivity (Wildman–Crippen MR) is 116 cm³/mol. The van der Waals surface area contributed by atoms with E-state index in [1.807, 2.05) is 18.5 Å². The molecule has 2 rings (SSSR count). The van der Waals surface area contributed by atoms with Gasteiger partial charge in [0.25, 0.3) is 0 Å². The molecule has 28 heavy (non-hydrogen) atoms. The van der Waals surface area contributed by atoms with Gasteiger partial charge in [-0.2, -0.15) is 0 Å². The van der Waals surface area contributed by atoms with Gasteiger partial charge in [0.15, 0.2) is 5.96 Å². The maximum atomic E-state index is 5.61. The highest BCUT2D eigenvalue weighted by Gasteiger charge is 2.04. The highest BCUT2D eigenvalue weighted by Crippen LogP contribution is 2.05. The highest BCUT2D eigenvalue weighted by atomic mass is 16.5. The Balaban J connectivity index is 1.75. The summed E-state index contributed by atoms with van der Waals surface area (Å²) in [5.41, 5.74) is 1.28. The number of ether oxygens (including phenoxy) is 1. The molecule has 1 aromatic carbocycles. The van der Waals surface area contributed by atoms with Crippen molar-refractivity contribution in [3.8, 4) is 0 Å². The quantitative estimate of drug-likeness (QED) is 0.335. The van der Waals surface area contributed by atoms with E-state index >= 15 is 0 Å². The molecule has 154 valence electrons. The van der Waals surface area contributed by atoms with E-state index in [9.17, 15) is 0 Å². The molecule has 2 aromatic rings. The van der Waals surface area contributed by atoms with Gasteiger partial charge < -0.3 is 19.9 Å². The predicted octanol–water partition coefficient (Wildman–Crippen LogP) is 3.09. The minimum absolute atomic E-state index is 0.580. The second-order valence-corrected chi connectivity index (χ2v) is 7.22. The van der Waals surface area contributed by atoms with Gasteiger partial charge in [0.2, 0.25) is 0 Å². The third kappa shape index (κ3) is 8.57. The topological polar surface area (TPSA) is 63.5 Å². The van der Waals surface area contributed by atoms with Crippen molar-refractivity contribution in [2.45, 2.75) is 40.2 Å². The third-order valence-corrected chi connectivity index (χ3v) is 4.15. The zero-order valence-corrected chi connectivity index (χ0v) is 17.5. The Morgan fingerprint density at radius 1 is 1.21 bits per heavy atom. The highest BCUT2D eigenvalue weighted by molar-refractivity contribution is 5.79. The Labute approximate surface area is 169 Å². The van der Waals surface area contributed by atoms with Crippen LogP contribution in [0.25, 0.3) is 0 Å². The van der Waals surface area contributed by atoms with Crippen LogP contribution >= 0.6 is 0 Å². The summed E-state index contributed by atoms with van der Waals surface area (Å²) in [5, 5.41) is 6.70. The number of aromatic nitrogens is 2. The second kappa shape index (κ2) is 12.9. The minimum Gasteiger partial charge on any atom is -0.381 e. The first-order valence-corrected chi connectivity index (χ1v) is 10.3. The molecule has 0 atom stereocenters. The molecule has 0 aliphatic heterocycles. The smallest absolute Gasteiger partial charge is 0.191 e. The Kier molecular flexibility index (Phi) is 10.1. The maximum Gasteiger partial charge on any atom is 0.191 e. The zero-order chi connectivity index (χ0) is 20.0. The number of imidazole rings is 1. The molecular formula is C22H35N5O. The molecule has 0 aliphatic carbocycles. The standard InChI is InChI=1S/C22H35N5O/c1-4-23-22(25-12-8-16-28-18-19(2)3)26-13-11-21-24-14-15-27(21)17-20-9-6-5-7-10-20/h5-7,9-10,14-15,19H,4,8,11-13,16-18H2,1-3H3,(H2,23,25,26). The fraction of sp³-hybridized carbons (Fsp3) is 0.545. The lowest BCUT2D eigenvalue weighted by Crippen LogP contribution is -2.38. The zero-order valence-electron chi connectivity index (χ0n) is 17.5. The minimum atomic E-state index is 0.580. The third-order valence-electron chi connectivity index (χ3n) is 4.15. The number of aliphatic imine (C=N–C) groups is 1. The molecule has 0 spiro atoms. The molecule has 0 saturated heterocycles. The van der Waals surface area contributed by atoms with Crippen LogP contribution in [0.5, 0.6) is 0 Å². The van der Waals surface area contributed by atoms with E-state index in [0.29, 0.717) is 5.92 Å². The van der Waals surface area contributed by atoms with Crippen LogP contribution in [-0.4, -0.2) is 48.4 Å². The van der Waals surface area contributed by atoms with Gasteiger partial charge in [-0.05, 0) is 24.8 Å². The lowest BCUT2D eigenvalue weighted by Gasteiger charge is -2.12. The summed E-state index contributed by atoms with van der Waals surface area (Å²) in [6.45, 7) is 11.2. The number of nitrogens with one attached hydrogen (secondary N) is 2. The van der Waals surface area contributed by atoms with E-state index in [1.54, 1.807) is 0 Å². The number of guanidine groups is 1. The van der Waals surface area contributed by atoms with Crippen molar-refractivity contribution >= 4 is 5.96 Å². The number of benzene rings is 1. The monoisotopic (exact) mass is 385 g/mol. The molecule has 1 aromatic heterocycles. The molecule has 0 unspecified atom stereocenters. The van der Waals surface area contributed by atoms with Crippen LogP contribution in [0.3, 0.4) is 0 Å². The summed E-state index contributed by atoms with van der Waals surface area (Å²) >= 11 is 0. The summed E-state index contributed by atoms with van der Waals surface area (Å²) in [7, 11) is 0. The van der Waals surface area contributed by atoms with Crippen LogP contribution in [0.15, 0.2) is 47.7 Å². The molecule has 0 radical (unpaired) electrons. The Morgan fingerprint density at radius 2 is 2.04 bits per heavy atom. The van der Waals surface area contributed by atoms with Gasteiger partial charge in [0.05, 0.1) is 0 Å². The molecule has 6 heteroatoms. The van der Waals surface area contributed by atoms with Gasteiger partial charge in [-0.15, -0.1) is 0 Å². The van der Waals surface area contributed by atoms with Gasteiger partial charge >= 0.3 is 0 Å². The molecule has 6 nitrogen and oxygen atoms in total. The summed E-state index contributed by atoms with van der Waals surface area (Å²) in [6, 6.07) is 10.5. The van der Waals surface area contributed by atoms with Gasteiger partial charge in [0, 0.05) is 58.2 Å². The van der Waals surface area contributed by atoms with E-state index in [4.69, 9.17) is 4.74 Å². The summed E-state index contributed by atoms with van der Waals surface area (Å²) in [4.78, 5) is 9.14. The molecule has 0 saturated carbocycles. The van der Waals surface area contributed by atoms with Crippen molar-refractivity contribution in [3.63, 3.8) is 0 Å². The molecule has 0 amide bonds. The summed E-state index contributed by atoms with van der Waals surface area (Å²) in [5.74, 6) is 2.51. The van der Waals surface area contributed by atoms with E-state index in [-0.39, 0.29) is 0 Å². The Morgan fingerprint density at radius 3 is 2.79 bits per heavy atom. The van der Waals surface area contributed by atoms with Gasteiger partial charge in [-0.1, -0.05) is 44.2 Å². The van der Waals surface area contributed by atoms with Crippen molar-refractivity contribution in [1.29, 1.82) is 0 Å². The molecular weight excluding hydrogens is 350 g/mol. The van der Waals surface area contributed by atoms with Gasteiger partial charge in [0.1, 0.15) is 5.82 Å². The number of nitrogens with zero attached hydrogens (tertiary/aromatic N) is 3. The largest absolute Gasteiger partial charge is 0.381 e. The van der Waals surface area contributed by atoms with E-state index in [2.05, 4.69) is 70.2 Å². The SMILES string of the molecule is CCNC(=NCCCOCC(C)C)NCCc1nccn1Cc1ccccc1. The van der Waals surface area contributed by atoms with Crippen molar-refractivity contribution in [2.24, 2.45) is 10.9 Å². The normalized spacial score (nSPS) is 11.8. The van der Waals surface area contributed by atoms with Gasteiger partial charge in [-0.3, -0.25) is 4.99 Å². The van der Waals surface area contributed by atoms with Crippen molar-refractivity contribution in [2.75, 3.05) is 32.8 Å². The average Bonchev–Trinajstić information content (AvgIpc) is 3.12.